The Morgan fingerprint density at radius 1 is 1.41 bits per heavy atom. The molecule has 0 unspecified atom stereocenters. The van der Waals surface area contributed by atoms with Crippen LogP contribution >= 0.6 is 0 Å². The Hall–Kier alpha value is -2.09. The lowest BCUT2D eigenvalue weighted by Crippen LogP contribution is -2.24. The molecule has 1 aromatic carbocycles. The van der Waals surface area contributed by atoms with Crippen molar-refractivity contribution in [3.63, 3.8) is 0 Å². The smallest absolute Gasteiger partial charge is 0.387 e. The summed E-state index contributed by atoms with van der Waals surface area (Å²) in [6, 6.07) is 5.43. The van der Waals surface area contributed by atoms with Crippen LogP contribution in [0.15, 0.2) is 24.3 Å². The van der Waals surface area contributed by atoms with E-state index in [4.69, 9.17) is 6.42 Å². The molecule has 90 valence electrons. The third-order valence-electron chi connectivity index (χ3n) is 1.90. The van der Waals surface area contributed by atoms with Crippen LogP contribution < -0.4 is 10.1 Å². The number of terminal acetylenes is 1. The lowest BCUT2D eigenvalue weighted by molar-refractivity contribution is -0.0498. The maximum Gasteiger partial charge on any atom is 0.387 e. The first-order valence-corrected chi connectivity index (χ1v) is 4.90. The van der Waals surface area contributed by atoms with Crippen molar-refractivity contribution >= 4 is 5.91 Å². The van der Waals surface area contributed by atoms with Gasteiger partial charge in [-0.3, -0.25) is 4.79 Å². The number of amides is 1. The van der Waals surface area contributed by atoms with Crippen molar-refractivity contribution in [3.8, 4) is 18.1 Å². The van der Waals surface area contributed by atoms with E-state index >= 15 is 0 Å². The Kier molecular flexibility index (Phi) is 4.95. The first-order chi connectivity index (χ1) is 8.13. The van der Waals surface area contributed by atoms with Crippen LogP contribution in [0.25, 0.3) is 0 Å². The molecule has 17 heavy (non-hydrogen) atoms. The summed E-state index contributed by atoms with van der Waals surface area (Å²) in [6.45, 7) is -2.49. The number of carbonyl (C=O) groups excluding carboxylic acids is 1. The van der Waals surface area contributed by atoms with E-state index in [1.807, 2.05) is 0 Å². The van der Waals surface area contributed by atoms with E-state index in [1.165, 1.54) is 24.3 Å². The minimum absolute atomic E-state index is 0.0141. The molecule has 0 aliphatic rings. The molecule has 1 rings (SSSR count). The monoisotopic (exact) mass is 239 g/mol. The number of alkyl halides is 2. The Balaban J connectivity index is 2.55. The Bertz CT molecular complexity index is 410. The van der Waals surface area contributed by atoms with Gasteiger partial charge in [0.2, 0.25) is 0 Å². The molecule has 0 radical (unpaired) electrons. The van der Waals surface area contributed by atoms with Gasteiger partial charge in [0.1, 0.15) is 5.75 Å². The molecule has 0 spiro atoms. The van der Waals surface area contributed by atoms with E-state index in [1.54, 1.807) is 0 Å². The van der Waals surface area contributed by atoms with Gasteiger partial charge in [0.25, 0.3) is 5.91 Å². The molecule has 1 amide bonds. The first kappa shape index (κ1) is 13.0. The molecular formula is C12H11F2NO2. The van der Waals surface area contributed by atoms with Crippen LogP contribution in [0.4, 0.5) is 8.78 Å². The number of carbonyl (C=O) groups is 1. The van der Waals surface area contributed by atoms with Gasteiger partial charge in [-0.15, -0.1) is 12.3 Å². The standard InChI is InChI=1S/C12H11F2NO2/c1-2-3-8-15-11(16)9-4-6-10(7-5-9)17-12(13)14/h1,4-7,12H,3,8H2,(H,15,16). The van der Waals surface area contributed by atoms with Gasteiger partial charge >= 0.3 is 6.61 Å². The lowest BCUT2D eigenvalue weighted by atomic mass is 10.2. The molecule has 0 aromatic heterocycles. The van der Waals surface area contributed by atoms with Crippen LogP contribution in [0.2, 0.25) is 0 Å². The summed E-state index contributed by atoms with van der Waals surface area (Å²) in [4.78, 5) is 11.5. The highest BCUT2D eigenvalue weighted by molar-refractivity contribution is 5.94. The van der Waals surface area contributed by atoms with Crippen molar-refractivity contribution < 1.29 is 18.3 Å². The number of ether oxygens (including phenoxy) is 1. The van der Waals surface area contributed by atoms with Crippen molar-refractivity contribution in [2.24, 2.45) is 0 Å². The number of hydrogen-bond donors (Lipinski definition) is 1. The van der Waals surface area contributed by atoms with Crippen LogP contribution in [0, 0.1) is 12.3 Å². The first-order valence-electron chi connectivity index (χ1n) is 4.90. The second-order valence-corrected chi connectivity index (χ2v) is 3.11. The molecule has 3 nitrogen and oxygen atoms in total. The van der Waals surface area contributed by atoms with E-state index in [9.17, 15) is 13.6 Å². The minimum atomic E-state index is -2.87. The number of halogens is 2. The number of nitrogens with one attached hydrogen (secondary N) is 1. The SMILES string of the molecule is C#CCCNC(=O)c1ccc(OC(F)F)cc1. The number of rotatable bonds is 5. The molecule has 0 aliphatic carbocycles. The van der Waals surface area contributed by atoms with E-state index < -0.39 is 6.61 Å². The molecule has 0 fully saturated rings. The Labute approximate surface area is 97.8 Å². The molecule has 1 aromatic rings. The summed E-state index contributed by atoms with van der Waals surface area (Å²) < 4.78 is 27.9. The van der Waals surface area contributed by atoms with Gasteiger partial charge in [-0.2, -0.15) is 8.78 Å². The molecule has 5 heteroatoms. The Morgan fingerprint density at radius 3 is 2.59 bits per heavy atom. The summed E-state index contributed by atoms with van der Waals surface area (Å²) >= 11 is 0. The van der Waals surface area contributed by atoms with Crippen molar-refractivity contribution in [2.75, 3.05) is 6.54 Å². The van der Waals surface area contributed by atoms with Gasteiger partial charge in [-0.25, -0.2) is 0 Å². The minimum Gasteiger partial charge on any atom is -0.435 e. The third kappa shape index (κ3) is 4.51. The predicted molar refractivity (Wildman–Crippen MR) is 58.9 cm³/mol. The molecular weight excluding hydrogens is 228 g/mol. The van der Waals surface area contributed by atoms with Crippen molar-refractivity contribution in [1.29, 1.82) is 0 Å². The normalized spacial score (nSPS) is 9.76. The summed E-state index contributed by atoms with van der Waals surface area (Å²) in [5, 5.41) is 2.59. The summed E-state index contributed by atoms with van der Waals surface area (Å²) in [5.41, 5.74) is 0.364. The van der Waals surface area contributed by atoms with Gasteiger partial charge in [-0.05, 0) is 24.3 Å². The van der Waals surface area contributed by atoms with Gasteiger partial charge in [-0.1, -0.05) is 0 Å². The maximum atomic E-state index is 11.9. The quantitative estimate of drug-likeness (QED) is 0.630. The molecule has 1 N–H and O–H groups in total. The fourth-order valence-electron chi connectivity index (χ4n) is 1.14. The fourth-order valence-corrected chi connectivity index (χ4v) is 1.14. The maximum absolute atomic E-state index is 11.9. The number of hydrogen-bond acceptors (Lipinski definition) is 2. The lowest BCUT2D eigenvalue weighted by Gasteiger charge is -2.06. The number of benzene rings is 1. The van der Waals surface area contributed by atoms with Crippen molar-refractivity contribution in [2.45, 2.75) is 13.0 Å². The largest absolute Gasteiger partial charge is 0.435 e. The topological polar surface area (TPSA) is 38.3 Å². The second kappa shape index (κ2) is 6.48. The molecule has 0 saturated carbocycles. The van der Waals surface area contributed by atoms with E-state index in [-0.39, 0.29) is 11.7 Å². The zero-order valence-electron chi connectivity index (χ0n) is 8.95. The molecule has 0 heterocycles. The highest BCUT2D eigenvalue weighted by Gasteiger charge is 2.07. The molecule has 0 aliphatic heterocycles. The van der Waals surface area contributed by atoms with E-state index in [0.29, 0.717) is 18.5 Å². The zero-order chi connectivity index (χ0) is 12.7. The van der Waals surface area contributed by atoms with Gasteiger partial charge in [0.15, 0.2) is 0 Å². The van der Waals surface area contributed by atoms with Crippen LogP contribution in [0.3, 0.4) is 0 Å². The van der Waals surface area contributed by atoms with Gasteiger partial charge in [0, 0.05) is 18.5 Å². The van der Waals surface area contributed by atoms with E-state index in [0.717, 1.165) is 0 Å². The average molecular weight is 239 g/mol. The summed E-state index contributed by atoms with van der Waals surface area (Å²) in [7, 11) is 0. The third-order valence-corrected chi connectivity index (χ3v) is 1.90. The fraction of sp³-hybridized carbons (Fsp3) is 0.250. The van der Waals surface area contributed by atoms with Gasteiger partial charge < -0.3 is 10.1 Å². The highest BCUT2D eigenvalue weighted by atomic mass is 19.3. The molecule has 0 atom stereocenters. The van der Waals surface area contributed by atoms with Crippen LogP contribution in [-0.4, -0.2) is 19.1 Å². The summed E-state index contributed by atoms with van der Waals surface area (Å²) in [6.07, 6.45) is 5.47. The van der Waals surface area contributed by atoms with Gasteiger partial charge in [0.05, 0.1) is 0 Å². The molecule has 0 saturated heterocycles. The van der Waals surface area contributed by atoms with Crippen LogP contribution in [0.1, 0.15) is 16.8 Å². The zero-order valence-corrected chi connectivity index (χ0v) is 8.95. The highest BCUT2D eigenvalue weighted by Crippen LogP contribution is 2.14. The Morgan fingerprint density at radius 2 is 2.06 bits per heavy atom. The van der Waals surface area contributed by atoms with Crippen molar-refractivity contribution in [1.82, 2.24) is 5.32 Å². The second-order valence-electron chi connectivity index (χ2n) is 3.11. The van der Waals surface area contributed by atoms with Crippen LogP contribution in [-0.2, 0) is 0 Å². The van der Waals surface area contributed by atoms with E-state index in [2.05, 4.69) is 16.0 Å². The van der Waals surface area contributed by atoms with Crippen LogP contribution in [0.5, 0.6) is 5.75 Å². The van der Waals surface area contributed by atoms with Crippen molar-refractivity contribution in [3.05, 3.63) is 29.8 Å². The predicted octanol–water partition coefficient (Wildman–Crippen LogP) is 2.04. The average Bonchev–Trinajstić information content (AvgIpc) is 2.29. The summed E-state index contributed by atoms with van der Waals surface area (Å²) in [5.74, 6) is 2.10. The molecule has 0 bridgehead atoms.